The molecular formula is C12H21N3O2. The Bertz CT molecular complexity index is 349. The molecule has 1 rings (SSSR count). The Hall–Kier alpha value is -1.36. The van der Waals surface area contributed by atoms with Gasteiger partial charge in [0.25, 0.3) is 0 Å². The average Bonchev–Trinajstić information content (AvgIpc) is 2.70. The van der Waals surface area contributed by atoms with Crippen LogP contribution < -0.4 is 11.1 Å². The first-order valence-corrected chi connectivity index (χ1v) is 6.09. The van der Waals surface area contributed by atoms with Crippen molar-refractivity contribution >= 4 is 11.7 Å². The molecule has 1 heterocycles. The second-order valence-electron chi connectivity index (χ2n) is 4.26. The lowest BCUT2D eigenvalue weighted by Gasteiger charge is -2.12. The van der Waals surface area contributed by atoms with Crippen LogP contribution in [-0.2, 0) is 4.79 Å². The van der Waals surface area contributed by atoms with Gasteiger partial charge in [0, 0.05) is 12.5 Å². The van der Waals surface area contributed by atoms with Crippen molar-refractivity contribution in [1.82, 2.24) is 5.16 Å². The predicted octanol–water partition coefficient (Wildman–Crippen LogP) is 2.08. The monoisotopic (exact) mass is 239 g/mol. The lowest BCUT2D eigenvalue weighted by Crippen LogP contribution is -2.15. The highest BCUT2D eigenvalue weighted by molar-refractivity contribution is 5.89. The Labute approximate surface area is 102 Å². The molecule has 1 aromatic rings. The number of nitrogens with zero attached hydrogens (tertiary/aromatic N) is 1. The van der Waals surface area contributed by atoms with Crippen LogP contribution in [0, 0.1) is 12.8 Å². The van der Waals surface area contributed by atoms with Crippen molar-refractivity contribution in [3.05, 3.63) is 11.8 Å². The van der Waals surface area contributed by atoms with Crippen molar-refractivity contribution in [2.45, 2.75) is 39.5 Å². The van der Waals surface area contributed by atoms with Gasteiger partial charge in [-0.25, -0.2) is 0 Å². The maximum absolute atomic E-state index is 11.6. The van der Waals surface area contributed by atoms with Gasteiger partial charge in [-0.15, -0.1) is 0 Å². The number of aryl methyl sites for hydroxylation is 1. The molecule has 0 bridgehead atoms. The number of amides is 1. The van der Waals surface area contributed by atoms with Crippen molar-refractivity contribution in [3.63, 3.8) is 0 Å². The Morgan fingerprint density at radius 2 is 2.35 bits per heavy atom. The molecule has 96 valence electrons. The minimum atomic E-state index is -0.0197. The van der Waals surface area contributed by atoms with E-state index in [0.29, 0.717) is 30.5 Å². The molecular weight excluding hydrogens is 218 g/mol. The van der Waals surface area contributed by atoms with Crippen LogP contribution in [0.3, 0.4) is 0 Å². The minimum absolute atomic E-state index is 0.0197. The van der Waals surface area contributed by atoms with E-state index in [-0.39, 0.29) is 5.91 Å². The van der Waals surface area contributed by atoms with E-state index in [4.69, 9.17) is 10.3 Å². The third-order valence-electron chi connectivity index (χ3n) is 2.83. The molecule has 0 aliphatic rings. The summed E-state index contributed by atoms with van der Waals surface area (Å²) in [5.41, 5.74) is 5.51. The Kier molecular flexibility index (Phi) is 5.69. The summed E-state index contributed by atoms with van der Waals surface area (Å²) in [6.45, 7) is 4.60. The topological polar surface area (TPSA) is 81.2 Å². The molecule has 1 amide bonds. The van der Waals surface area contributed by atoms with Crippen molar-refractivity contribution in [3.8, 4) is 0 Å². The van der Waals surface area contributed by atoms with Gasteiger partial charge in [0.15, 0.2) is 5.82 Å². The third-order valence-corrected chi connectivity index (χ3v) is 2.83. The van der Waals surface area contributed by atoms with Gasteiger partial charge in [-0.3, -0.25) is 4.79 Å². The van der Waals surface area contributed by atoms with Crippen molar-refractivity contribution in [1.29, 1.82) is 0 Å². The molecule has 5 heteroatoms. The van der Waals surface area contributed by atoms with Gasteiger partial charge in [0.05, 0.1) is 0 Å². The Morgan fingerprint density at radius 1 is 1.59 bits per heavy atom. The molecule has 0 spiro atoms. The molecule has 1 unspecified atom stereocenters. The predicted molar refractivity (Wildman–Crippen MR) is 66.6 cm³/mol. The largest absolute Gasteiger partial charge is 0.360 e. The van der Waals surface area contributed by atoms with Crippen molar-refractivity contribution in [2.24, 2.45) is 11.7 Å². The minimum Gasteiger partial charge on any atom is -0.360 e. The fourth-order valence-corrected chi connectivity index (χ4v) is 1.75. The molecule has 0 aliphatic heterocycles. The van der Waals surface area contributed by atoms with Crippen LogP contribution in [0.4, 0.5) is 5.82 Å². The number of rotatable bonds is 7. The quantitative estimate of drug-likeness (QED) is 0.763. The number of carbonyl (C=O) groups excluding carboxylic acids is 1. The van der Waals surface area contributed by atoms with E-state index in [1.807, 2.05) is 0 Å². The van der Waals surface area contributed by atoms with Gasteiger partial charge in [-0.05, 0) is 32.2 Å². The summed E-state index contributed by atoms with van der Waals surface area (Å²) < 4.78 is 4.87. The molecule has 3 N–H and O–H groups in total. The number of anilines is 1. The summed E-state index contributed by atoms with van der Waals surface area (Å²) in [5.74, 6) is 1.69. The van der Waals surface area contributed by atoms with E-state index in [1.165, 1.54) is 0 Å². The summed E-state index contributed by atoms with van der Waals surface area (Å²) in [5, 5.41) is 6.42. The van der Waals surface area contributed by atoms with Gasteiger partial charge >= 0.3 is 0 Å². The maximum atomic E-state index is 11.6. The summed E-state index contributed by atoms with van der Waals surface area (Å²) in [4.78, 5) is 11.6. The highest BCUT2D eigenvalue weighted by Gasteiger charge is 2.10. The standard InChI is InChI=1S/C12H21N3O2/c1-3-10(6-7-13)4-5-12(16)14-11-8-9(2)17-15-11/h8,10H,3-7,13H2,1-2H3,(H,14,15,16). The van der Waals surface area contributed by atoms with E-state index >= 15 is 0 Å². The van der Waals surface area contributed by atoms with Crippen LogP contribution in [0.25, 0.3) is 0 Å². The molecule has 0 saturated heterocycles. The van der Waals surface area contributed by atoms with E-state index in [9.17, 15) is 4.79 Å². The van der Waals surface area contributed by atoms with Gasteiger partial charge in [0.1, 0.15) is 5.76 Å². The van der Waals surface area contributed by atoms with E-state index in [0.717, 1.165) is 19.3 Å². The lowest BCUT2D eigenvalue weighted by molar-refractivity contribution is -0.116. The summed E-state index contributed by atoms with van der Waals surface area (Å²) in [6.07, 6.45) is 3.42. The molecule has 0 fully saturated rings. The number of aromatic nitrogens is 1. The van der Waals surface area contributed by atoms with E-state index in [2.05, 4.69) is 17.4 Å². The first-order chi connectivity index (χ1) is 8.15. The zero-order chi connectivity index (χ0) is 12.7. The number of nitrogens with one attached hydrogen (secondary N) is 1. The second-order valence-corrected chi connectivity index (χ2v) is 4.26. The summed E-state index contributed by atoms with van der Waals surface area (Å²) in [7, 11) is 0. The SMILES string of the molecule is CCC(CCN)CCC(=O)Nc1cc(C)on1. The molecule has 1 atom stereocenters. The molecule has 0 saturated carbocycles. The maximum Gasteiger partial charge on any atom is 0.225 e. The fourth-order valence-electron chi connectivity index (χ4n) is 1.75. The Morgan fingerprint density at radius 3 is 2.88 bits per heavy atom. The van der Waals surface area contributed by atoms with E-state index in [1.54, 1.807) is 13.0 Å². The lowest BCUT2D eigenvalue weighted by atomic mass is 9.96. The fraction of sp³-hybridized carbons (Fsp3) is 0.667. The molecule has 0 aliphatic carbocycles. The van der Waals surface area contributed by atoms with Crippen molar-refractivity contribution in [2.75, 3.05) is 11.9 Å². The third kappa shape index (κ3) is 4.99. The smallest absolute Gasteiger partial charge is 0.225 e. The number of hydrogen-bond donors (Lipinski definition) is 2. The molecule has 17 heavy (non-hydrogen) atoms. The van der Waals surface area contributed by atoms with Gasteiger partial charge in [-0.1, -0.05) is 18.5 Å². The summed E-state index contributed by atoms with van der Waals surface area (Å²) >= 11 is 0. The number of nitrogens with two attached hydrogens (primary N) is 1. The molecule has 0 radical (unpaired) electrons. The number of carbonyl (C=O) groups is 1. The highest BCUT2D eigenvalue weighted by atomic mass is 16.5. The van der Waals surface area contributed by atoms with Crippen LogP contribution in [-0.4, -0.2) is 17.6 Å². The number of hydrogen-bond acceptors (Lipinski definition) is 4. The Balaban J connectivity index is 2.29. The van der Waals surface area contributed by atoms with E-state index < -0.39 is 0 Å². The molecule has 1 aromatic heterocycles. The highest BCUT2D eigenvalue weighted by Crippen LogP contribution is 2.15. The second kappa shape index (κ2) is 7.06. The van der Waals surface area contributed by atoms with Crippen LogP contribution in [0.1, 0.15) is 38.4 Å². The zero-order valence-corrected chi connectivity index (χ0v) is 10.5. The molecule has 0 aromatic carbocycles. The summed E-state index contributed by atoms with van der Waals surface area (Å²) in [6, 6.07) is 1.70. The van der Waals surface area contributed by atoms with Gasteiger partial charge < -0.3 is 15.6 Å². The first kappa shape index (κ1) is 13.7. The first-order valence-electron chi connectivity index (χ1n) is 6.09. The zero-order valence-electron chi connectivity index (χ0n) is 10.5. The van der Waals surface area contributed by atoms with Gasteiger partial charge in [0.2, 0.25) is 5.91 Å². The average molecular weight is 239 g/mol. The van der Waals surface area contributed by atoms with Crippen LogP contribution in [0.15, 0.2) is 10.6 Å². The molecule has 5 nitrogen and oxygen atoms in total. The van der Waals surface area contributed by atoms with Crippen LogP contribution >= 0.6 is 0 Å². The normalized spacial score (nSPS) is 12.4. The van der Waals surface area contributed by atoms with Crippen molar-refractivity contribution < 1.29 is 9.32 Å². The van der Waals surface area contributed by atoms with Gasteiger partial charge in [-0.2, -0.15) is 0 Å². The van der Waals surface area contributed by atoms with Crippen LogP contribution in [0.5, 0.6) is 0 Å². The van der Waals surface area contributed by atoms with Crippen LogP contribution in [0.2, 0.25) is 0 Å².